The molecule has 0 bridgehead atoms. The third kappa shape index (κ3) is 3.48. The van der Waals surface area contributed by atoms with E-state index in [1.165, 1.54) is 12.8 Å². The molecule has 0 aromatic heterocycles. The van der Waals surface area contributed by atoms with Crippen molar-refractivity contribution in [2.45, 2.75) is 44.0 Å². The van der Waals surface area contributed by atoms with Gasteiger partial charge in [-0.15, -0.1) is 0 Å². The van der Waals surface area contributed by atoms with Crippen LogP contribution in [0.5, 0.6) is 0 Å². The van der Waals surface area contributed by atoms with Crippen LogP contribution in [0.25, 0.3) is 0 Å². The van der Waals surface area contributed by atoms with Crippen molar-refractivity contribution < 1.29 is 8.42 Å². The van der Waals surface area contributed by atoms with Crippen LogP contribution in [-0.2, 0) is 10.0 Å². The molecule has 4 nitrogen and oxygen atoms in total. The van der Waals surface area contributed by atoms with Crippen molar-refractivity contribution in [3.63, 3.8) is 0 Å². The molecule has 1 aromatic carbocycles. The van der Waals surface area contributed by atoms with Crippen LogP contribution in [0, 0.1) is 11.8 Å². The highest BCUT2D eigenvalue weighted by Crippen LogP contribution is 2.32. The van der Waals surface area contributed by atoms with E-state index in [2.05, 4.69) is 19.2 Å². The molecule has 5 heteroatoms. The van der Waals surface area contributed by atoms with E-state index < -0.39 is 10.0 Å². The van der Waals surface area contributed by atoms with Gasteiger partial charge in [-0.05, 0) is 43.2 Å². The van der Waals surface area contributed by atoms with E-state index in [4.69, 9.17) is 5.14 Å². The second kappa shape index (κ2) is 5.51. The number of hydrogen-bond acceptors (Lipinski definition) is 3. The summed E-state index contributed by atoms with van der Waals surface area (Å²) in [5.74, 6) is 1.29. The minimum atomic E-state index is -3.67. The molecule has 0 aliphatic heterocycles. The van der Waals surface area contributed by atoms with Gasteiger partial charge in [-0.25, -0.2) is 13.6 Å². The van der Waals surface area contributed by atoms with Crippen molar-refractivity contribution in [2.75, 3.05) is 5.32 Å². The van der Waals surface area contributed by atoms with Crippen molar-refractivity contribution >= 4 is 15.7 Å². The normalized spacial score (nSPS) is 28.1. The van der Waals surface area contributed by atoms with Gasteiger partial charge in [0.15, 0.2) is 0 Å². The Labute approximate surface area is 115 Å². The molecule has 1 saturated carbocycles. The van der Waals surface area contributed by atoms with Crippen molar-refractivity contribution in [3.8, 4) is 0 Å². The molecule has 1 fully saturated rings. The van der Waals surface area contributed by atoms with Gasteiger partial charge in [0.25, 0.3) is 0 Å². The first-order valence-corrected chi connectivity index (χ1v) is 8.31. The van der Waals surface area contributed by atoms with Gasteiger partial charge in [-0.3, -0.25) is 0 Å². The van der Waals surface area contributed by atoms with Gasteiger partial charge < -0.3 is 5.32 Å². The molecule has 1 aromatic rings. The molecule has 2 rings (SSSR count). The Kier molecular flexibility index (Phi) is 4.16. The minimum Gasteiger partial charge on any atom is -0.381 e. The number of primary sulfonamides is 1. The molecule has 19 heavy (non-hydrogen) atoms. The predicted molar refractivity (Wildman–Crippen MR) is 77.4 cm³/mol. The minimum absolute atomic E-state index is 0.181. The maximum absolute atomic E-state index is 11.6. The summed E-state index contributed by atoms with van der Waals surface area (Å²) < 4.78 is 23.1. The van der Waals surface area contributed by atoms with Crippen LogP contribution >= 0.6 is 0 Å². The zero-order chi connectivity index (χ0) is 14.0. The fourth-order valence-corrected chi connectivity index (χ4v) is 3.62. The number of hydrogen-bond donors (Lipinski definition) is 2. The molecule has 3 N–H and O–H groups in total. The molecule has 106 valence electrons. The van der Waals surface area contributed by atoms with Crippen LogP contribution in [0.1, 0.15) is 33.1 Å². The lowest BCUT2D eigenvalue weighted by atomic mass is 9.80. The van der Waals surface area contributed by atoms with Crippen LogP contribution in [0.3, 0.4) is 0 Å². The number of anilines is 1. The Morgan fingerprint density at radius 3 is 2.53 bits per heavy atom. The fourth-order valence-electron chi connectivity index (χ4n) is 2.91. The average molecular weight is 282 g/mol. The molecule has 3 atom stereocenters. The van der Waals surface area contributed by atoms with E-state index in [1.807, 2.05) is 6.07 Å². The van der Waals surface area contributed by atoms with Gasteiger partial charge in [0.05, 0.1) is 5.69 Å². The summed E-state index contributed by atoms with van der Waals surface area (Å²) in [5.41, 5.74) is 0.622. The zero-order valence-electron chi connectivity index (χ0n) is 11.5. The van der Waals surface area contributed by atoms with Gasteiger partial charge in [0.2, 0.25) is 10.0 Å². The van der Waals surface area contributed by atoms with Crippen molar-refractivity contribution in [1.29, 1.82) is 0 Å². The lowest BCUT2D eigenvalue weighted by Gasteiger charge is -2.34. The second-order valence-electron chi connectivity index (χ2n) is 5.69. The molecule has 1 aliphatic rings. The first-order valence-electron chi connectivity index (χ1n) is 6.76. The Balaban J connectivity index is 2.20. The third-order valence-electron chi connectivity index (χ3n) is 3.97. The van der Waals surface area contributed by atoms with Crippen molar-refractivity contribution in [2.24, 2.45) is 17.0 Å². The number of nitrogens with two attached hydrogens (primary N) is 1. The predicted octanol–water partition coefficient (Wildman–Crippen LogP) is 2.57. The zero-order valence-corrected chi connectivity index (χ0v) is 12.3. The first-order chi connectivity index (χ1) is 8.88. The van der Waals surface area contributed by atoms with Gasteiger partial charge in [-0.1, -0.05) is 26.0 Å². The van der Waals surface area contributed by atoms with E-state index >= 15 is 0 Å². The van der Waals surface area contributed by atoms with Crippen LogP contribution < -0.4 is 10.5 Å². The molecule has 0 saturated heterocycles. The summed E-state index contributed by atoms with van der Waals surface area (Å²) in [7, 11) is -3.67. The molecule has 3 unspecified atom stereocenters. The highest BCUT2D eigenvalue weighted by Gasteiger charge is 2.26. The Bertz CT molecular complexity index is 542. The number of benzene rings is 1. The Morgan fingerprint density at radius 2 is 1.89 bits per heavy atom. The molecule has 0 spiro atoms. The quantitative estimate of drug-likeness (QED) is 0.895. The fraction of sp³-hybridized carbons (Fsp3) is 0.571. The lowest BCUT2D eigenvalue weighted by Crippen LogP contribution is -2.33. The number of para-hydroxylation sites is 1. The summed E-state index contributed by atoms with van der Waals surface area (Å²) >= 11 is 0. The highest BCUT2D eigenvalue weighted by atomic mass is 32.2. The van der Waals surface area contributed by atoms with E-state index in [9.17, 15) is 8.42 Å². The maximum Gasteiger partial charge on any atom is 0.240 e. The van der Waals surface area contributed by atoms with Crippen LogP contribution in [0.15, 0.2) is 29.2 Å². The SMILES string of the molecule is CC1CCC(Nc2ccccc2S(N)(=O)=O)C(C)C1. The highest BCUT2D eigenvalue weighted by molar-refractivity contribution is 7.89. The topological polar surface area (TPSA) is 72.2 Å². The summed E-state index contributed by atoms with van der Waals surface area (Å²) in [6.07, 6.45) is 3.43. The largest absolute Gasteiger partial charge is 0.381 e. The number of nitrogens with one attached hydrogen (secondary N) is 1. The number of rotatable bonds is 3. The molecule has 1 aliphatic carbocycles. The Morgan fingerprint density at radius 1 is 1.21 bits per heavy atom. The second-order valence-corrected chi connectivity index (χ2v) is 7.22. The average Bonchev–Trinajstić information content (AvgIpc) is 2.32. The maximum atomic E-state index is 11.6. The smallest absolute Gasteiger partial charge is 0.240 e. The molecular formula is C14H22N2O2S. The lowest BCUT2D eigenvalue weighted by molar-refractivity contribution is 0.276. The van der Waals surface area contributed by atoms with Crippen molar-refractivity contribution in [1.82, 2.24) is 0 Å². The number of sulfonamides is 1. The summed E-state index contributed by atoms with van der Waals surface area (Å²) in [6.45, 7) is 4.48. The van der Waals surface area contributed by atoms with E-state index in [-0.39, 0.29) is 4.90 Å². The third-order valence-corrected chi connectivity index (χ3v) is 4.94. The molecule has 0 radical (unpaired) electrons. The van der Waals surface area contributed by atoms with Crippen LogP contribution in [-0.4, -0.2) is 14.5 Å². The summed E-state index contributed by atoms with van der Waals surface area (Å²) in [4.78, 5) is 0.181. The van der Waals surface area contributed by atoms with Gasteiger partial charge >= 0.3 is 0 Å². The van der Waals surface area contributed by atoms with E-state index in [1.54, 1.807) is 18.2 Å². The van der Waals surface area contributed by atoms with Crippen molar-refractivity contribution in [3.05, 3.63) is 24.3 Å². The summed E-state index contributed by atoms with van der Waals surface area (Å²) in [6, 6.07) is 7.17. The monoisotopic (exact) mass is 282 g/mol. The van der Waals surface area contributed by atoms with E-state index in [0.717, 1.165) is 12.3 Å². The Hall–Kier alpha value is -1.07. The molecule has 0 heterocycles. The van der Waals surface area contributed by atoms with Gasteiger partial charge in [0.1, 0.15) is 4.90 Å². The van der Waals surface area contributed by atoms with Gasteiger partial charge in [0, 0.05) is 6.04 Å². The standard InChI is InChI=1S/C14H22N2O2S/c1-10-7-8-12(11(2)9-10)16-13-5-3-4-6-14(13)19(15,17)18/h3-6,10-12,16H,7-9H2,1-2H3,(H2,15,17,18). The molecular weight excluding hydrogens is 260 g/mol. The summed E-state index contributed by atoms with van der Waals surface area (Å²) in [5, 5.41) is 8.62. The van der Waals surface area contributed by atoms with Gasteiger partial charge in [-0.2, -0.15) is 0 Å². The van der Waals surface area contributed by atoms with Crippen LogP contribution in [0.4, 0.5) is 5.69 Å². The first kappa shape index (κ1) is 14.3. The van der Waals surface area contributed by atoms with Crippen LogP contribution in [0.2, 0.25) is 0 Å². The van der Waals surface area contributed by atoms with E-state index in [0.29, 0.717) is 17.6 Å². The molecule has 0 amide bonds.